The summed E-state index contributed by atoms with van der Waals surface area (Å²) in [5.41, 5.74) is 0.501. The molecule has 3 N–H and O–H groups in total. The zero-order valence-electron chi connectivity index (χ0n) is 9.77. The number of anilines is 1. The summed E-state index contributed by atoms with van der Waals surface area (Å²) in [6.07, 6.45) is 1.14. The van der Waals surface area contributed by atoms with Gasteiger partial charge >= 0.3 is 5.97 Å². The smallest absolute Gasteiger partial charge is 0.354 e. The SMILES string of the molecule is Cc1nc(Cl)ccc1NC(=O)c1nc[nH]c1C(=O)O. The zero-order valence-corrected chi connectivity index (χ0v) is 10.5. The maximum atomic E-state index is 11.9. The largest absolute Gasteiger partial charge is 0.477 e. The second-order valence-electron chi connectivity index (χ2n) is 3.65. The van der Waals surface area contributed by atoms with Crippen LogP contribution in [0.2, 0.25) is 5.15 Å². The Kier molecular flexibility index (Phi) is 3.48. The molecule has 0 saturated carbocycles. The molecule has 0 unspecified atom stereocenters. The quantitative estimate of drug-likeness (QED) is 0.742. The number of aryl methyl sites for hydroxylation is 1. The van der Waals surface area contributed by atoms with Crippen molar-refractivity contribution >= 4 is 29.2 Å². The first-order chi connectivity index (χ1) is 8.99. The molecule has 0 bridgehead atoms. The fraction of sp³-hybridized carbons (Fsp3) is 0.0909. The predicted molar refractivity (Wildman–Crippen MR) is 67.5 cm³/mol. The van der Waals surface area contributed by atoms with E-state index in [-0.39, 0.29) is 11.4 Å². The molecule has 7 nitrogen and oxygen atoms in total. The third-order valence-corrected chi connectivity index (χ3v) is 2.58. The highest BCUT2D eigenvalue weighted by molar-refractivity contribution is 6.29. The van der Waals surface area contributed by atoms with Crippen molar-refractivity contribution in [1.29, 1.82) is 0 Å². The van der Waals surface area contributed by atoms with Crippen LogP contribution in [-0.2, 0) is 0 Å². The number of nitrogens with zero attached hydrogens (tertiary/aromatic N) is 2. The molecule has 1 amide bonds. The number of hydrogen-bond donors (Lipinski definition) is 3. The molecule has 2 aromatic rings. The van der Waals surface area contributed by atoms with Crippen LogP contribution in [0.1, 0.15) is 26.7 Å². The number of imidazole rings is 1. The molecule has 2 aromatic heterocycles. The molecule has 98 valence electrons. The molecule has 0 aliphatic rings. The Morgan fingerprint density at radius 2 is 2.16 bits per heavy atom. The first kappa shape index (κ1) is 13.0. The van der Waals surface area contributed by atoms with Gasteiger partial charge in [0.25, 0.3) is 5.91 Å². The zero-order chi connectivity index (χ0) is 14.0. The van der Waals surface area contributed by atoms with Gasteiger partial charge in [-0.2, -0.15) is 0 Å². The number of carbonyl (C=O) groups excluding carboxylic acids is 1. The van der Waals surface area contributed by atoms with E-state index in [9.17, 15) is 9.59 Å². The summed E-state index contributed by atoms with van der Waals surface area (Å²) in [5, 5.41) is 11.7. The molecule has 0 aliphatic heterocycles. The van der Waals surface area contributed by atoms with Crippen LogP contribution in [0, 0.1) is 6.92 Å². The topological polar surface area (TPSA) is 108 Å². The Balaban J connectivity index is 2.26. The number of amides is 1. The first-order valence-electron chi connectivity index (χ1n) is 5.20. The number of pyridine rings is 1. The van der Waals surface area contributed by atoms with Crippen molar-refractivity contribution in [2.24, 2.45) is 0 Å². The Bertz CT molecular complexity index is 653. The van der Waals surface area contributed by atoms with Crippen LogP contribution in [0.25, 0.3) is 0 Å². The molecule has 19 heavy (non-hydrogen) atoms. The van der Waals surface area contributed by atoms with Crippen molar-refractivity contribution in [3.63, 3.8) is 0 Å². The number of hydrogen-bond acceptors (Lipinski definition) is 4. The Morgan fingerprint density at radius 1 is 1.42 bits per heavy atom. The highest BCUT2D eigenvalue weighted by Crippen LogP contribution is 2.17. The summed E-state index contributed by atoms with van der Waals surface area (Å²) >= 11 is 5.70. The number of aromatic amines is 1. The van der Waals surface area contributed by atoms with Crippen LogP contribution in [0.15, 0.2) is 18.5 Å². The maximum Gasteiger partial charge on any atom is 0.354 e. The highest BCUT2D eigenvalue weighted by atomic mass is 35.5. The highest BCUT2D eigenvalue weighted by Gasteiger charge is 2.20. The number of aromatic nitrogens is 3. The Hall–Kier alpha value is -2.41. The lowest BCUT2D eigenvalue weighted by Crippen LogP contribution is -2.17. The number of carboxylic acids is 1. The lowest BCUT2D eigenvalue weighted by atomic mass is 10.2. The van der Waals surface area contributed by atoms with Crippen LogP contribution >= 0.6 is 11.6 Å². The van der Waals surface area contributed by atoms with Gasteiger partial charge in [0.05, 0.1) is 17.7 Å². The van der Waals surface area contributed by atoms with E-state index in [2.05, 4.69) is 20.3 Å². The second kappa shape index (κ2) is 5.07. The van der Waals surface area contributed by atoms with Crippen LogP contribution in [0.3, 0.4) is 0 Å². The lowest BCUT2D eigenvalue weighted by Gasteiger charge is -2.06. The number of aromatic carboxylic acids is 1. The van der Waals surface area contributed by atoms with Crippen molar-refractivity contribution in [2.75, 3.05) is 5.32 Å². The third kappa shape index (κ3) is 2.71. The molecule has 0 atom stereocenters. The van der Waals surface area contributed by atoms with E-state index in [1.54, 1.807) is 13.0 Å². The second-order valence-corrected chi connectivity index (χ2v) is 4.04. The molecule has 2 rings (SSSR count). The van der Waals surface area contributed by atoms with Gasteiger partial charge in [-0.15, -0.1) is 0 Å². The summed E-state index contributed by atoms with van der Waals surface area (Å²) in [4.78, 5) is 32.8. The fourth-order valence-electron chi connectivity index (χ4n) is 1.47. The van der Waals surface area contributed by atoms with E-state index in [0.717, 1.165) is 6.33 Å². The minimum atomic E-state index is -1.26. The number of carbonyl (C=O) groups is 2. The molecule has 0 radical (unpaired) electrons. The fourth-order valence-corrected chi connectivity index (χ4v) is 1.66. The molecule has 0 aromatic carbocycles. The van der Waals surface area contributed by atoms with Gasteiger partial charge in [0, 0.05) is 0 Å². The molecule has 8 heteroatoms. The maximum absolute atomic E-state index is 11.9. The molecule has 0 aliphatic carbocycles. The van der Waals surface area contributed by atoms with Gasteiger partial charge in [-0.25, -0.2) is 14.8 Å². The summed E-state index contributed by atoms with van der Waals surface area (Å²) in [5.74, 6) is -1.89. The first-order valence-corrected chi connectivity index (χ1v) is 5.58. The van der Waals surface area contributed by atoms with Gasteiger partial charge in [0.2, 0.25) is 0 Å². The van der Waals surface area contributed by atoms with Gasteiger partial charge in [-0.3, -0.25) is 4.79 Å². The normalized spacial score (nSPS) is 10.2. The van der Waals surface area contributed by atoms with Gasteiger partial charge in [0.15, 0.2) is 11.4 Å². The third-order valence-electron chi connectivity index (χ3n) is 2.37. The standard InChI is InChI=1S/C11H9ClN4O3/c1-5-6(2-3-7(12)15-5)16-10(17)8-9(11(18)19)14-4-13-8/h2-4H,1H3,(H,13,14)(H,16,17)(H,18,19). The van der Waals surface area contributed by atoms with Crippen molar-refractivity contribution in [1.82, 2.24) is 15.0 Å². The summed E-state index contributed by atoms with van der Waals surface area (Å²) in [6, 6.07) is 3.10. The number of halogens is 1. The number of carboxylic acid groups (broad SMARTS) is 1. The van der Waals surface area contributed by atoms with E-state index in [4.69, 9.17) is 16.7 Å². The monoisotopic (exact) mass is 280 g/mol. The minimum Gasteiger partial charge on any atom is -0.477 e. The van der Waals surface area contributed by atoms with Crippen LogP contribution < -0.4 is 5.32 Å². The van der Waals surface area contributed by atoms with E-state index in [0.29, 0.717) is 16.5 Å². The van der Waals surface area contributed by atoms with E-state index in [1.807, 2.05) is 0 Å². The van der Waals surface area contributed by atoms with Crippen molar-refractivity contribution in [3.05, 3.63) is 40.7 Å². The average Bonchev–Trinajstić information content (AvgIpc) is 2.82. The van der Waals surface area contributed by atoms with E-state index < -0.39 is 11.9 Å². The van der Waals surface area contributed by atoms with Gasteiger partial charge in [-0.1, -0.05) is 11.6 Å². The lowest BCUT2D eigenvalue weighted by molar-refractivity contribution is 0.0686. The molecule has 2 heterocycles. The van der Waals surface area contributed by atoms with Gasteiger partial charge in [0.1, 0.15) is 5.15 Å². The number of rotatable bonds is 3. The van der Waals surface area contributed by atoms with Crippen molar-refractivity contribution < 1.29 is 14.7 Å². The molecule has 0 spiro atoms. The van der Waals surface area contributed by atoms with Crippen molar-refractivity contribution in [2.45, 2.75) is 6.92 Å². The molecular weight excluding hydrogens is 272 g/mol. The number of nitrogens with one attached hydrogen (secondary N) is 2. The minimum absolute atomic E-state index is 0.193. The summed E-state index contributed by atoms with van der Waals surface area (Å²) in [6.45, 7) is 1.67. The van der Waals surface area contributed by atoms with E-state index >= 15 is 0 Å². The van der Waals surface area contributed by atoms with Crippen LogP contribution in [0.4, 0.5) is 5.69 Å². The van der Waals surface area contributed by atoms with Crippen LogP contribution in [-0.4, -0.2) is 31.9 Å². The summed E-state index contributed by atoms with van der Waals surface area (Å²) < 4.78 is 0. The average molecular weight is 281 g/mol. The van der Waals surface area contributed by atoms with Gasteiger partial charge in [-0.05, 0) is 19.1 Å². The van der Waals surface area contributed by atoms with Gasteiger partial charge < -0.3 is 15.4 Å². The summed E-state index contributed by atoms with van der Waals surface area (Å²) in [7, 11) is 0. The van der Waals surface area contributed by atoms with E-state index in [1.165, 1.54) is 6.07 Å². The number of H-pyrrole nitrogens is 1. The Labute approximate surface area is 112 Å². The van der Waals surface area contributed by atoms with Crippen LogP contribution in [0.5, 0.6) is 0 Å². The Morgan fingerprint density at radius 3 is 2.79 bits per heavy atom. The van der Waals surface area contributed by atoms with Crippen molar-refractivity contribution in [3.8, 4) is 0 Å². The predicted octanol–water partition coefficient (Wildman–Crippen LogP) is 1.72. The molecular formula is C11H9ClN4O3. The molecule has 0 saturated heterocycles. The molecule has 0 fully saturated rings.